The Hall–Kier alpha value is 0.498. The molecule has 0 aliphatic rings. The standard InChI is InChI=1S/4C3H7NO2Se.2H2S/c4*4-2(1-7)3(5)6;;/h4*2,7H,1,4H2,(H,5,6);2*1H2/t4*2-;;/m0000../s1. The number of rotatable bonds is 8. The molecule has 0 aliphatic carbocycles. The minimum Gasteiger partial charge on any atom is -0.197 e. The van der Waals surface area contributed by atoms with Crippen molar-refractivity contribution in [3.63, 3.8) is 0 Å². The third-order valence-electron chi connectivity index (χ3n) is 2.06. The molecule has 184 valence electrons. The first kappa shape index (κ1) is 44.2. The van der Waals surface area contributed by atoms with Gasteiger partial charge >= 0.3 is 196 Å². The summed E-state index contributed by atoms with van der Waals surface area (Å²) in [5.74, 6) is -3.78. The van der Waals surface area contributed by atoms with Crippen LogP contribution in [0.3, 0.4) is 0 Å². The molecule has 0 saturated heterocycles. The van der Waals surface area contributed by atoms with Gasteiger partial charge in [0.05, 0.1) is 0 Å². The molecule has 0 saturated carbocycles. The van der Waals surface area contributed by atoms with Crippen LogP contribution in [0.2, 0.25) is 21.3 Å². The van der Waals surface area contributed by atoms with Crippen LogP contribution in [0.15, 0.2) is 0 Å². The van der Waals surface area contributed by atoms with Gasteiger partial charge in [-0.25, -0.2) is 0 Å². The van der Waals surface area contributed by atoms with Crippen LogP contribution in [0.5, 0.6) is 0 Å². The Morgan fingerprint density at radius 2 is 0.600 bits per heavy atom. The predicted molar refractivity (Wildman–Crippen MR) is 131 cm³/mol. The van der Waals surface area contributed by atoms with Crippen molar-refractivity contribution < 1.29 is 39.6 Å². The quantitative estimate of drug-likeness (QED) is 0.109. The molecule has 0 unspecified atom stereocenters. The Bertz CT molecular complexity index is 392. The van der Waals surface area contributed by atoms with Crippen LogP contribution >= 0.6 is 27.0 Å². The van der Waals surface area contributed by atoms with Gasteiger partial charge in [0.15, 0.2) is 0 Å². The van der Waals surface area contributed by atoms with E-state index >= 15 is 0 Å². The Kier molecular flexibility index (Phi) is 43.5. The fourth-order valence-electron chi connectivity index (χ4n) is 0.312. The van der Waals surface area contributed by atoms with Crippen LogP contribution in [0.1, 0.15) is 0 Å². The van der Waals surface area contributed by atoms with Gasteiger partial charge in [-0.1, -0.05) is 0 Å². The molecule has 0 amide bonds. The van der Waals surface area contributed by atoms with Crippen LogP contribution in [0.25, 0.3) is 0 Å². The van der Waals surface area contributed by atoms with Gasteiger partial charge in [-0.05, 0) is 0 Å². The number of hydrogen-bond acceptors (Lipinski definition) is 8. The van der Waals surface area contributed by atoms with Crippen LogP contribution < -0.4 is 22.9 Å². The first-order valence-corrected chi connectivity index (χ1v) is 12.4. The maximum Gasteiger partial charge on any atom is -0.197 e. The summed E-state index contributed by atoms with van der Waals surface area (Å²) >= 11 is 8.51. The van der Waals surface area contributed by atoms with Gasteiger partial charge in [-0.3, -0.25) is 0 Å². The van der Waals surface area contributed by atoms with E-state index in [1.54, 1.807) is 0 Å². The average Bonchev–Trinajstić information content (AvgIpc) is 2.66. The molecule has 0 aromatic carbocycles. The first-order chi connectivity index (χ1) is 12.7. The SMILES string of the molecule is N[C@@H](C[SeH])C(=O)O.N[C@@H](C[SeH])C(=O)O.N[C@@H](C[SeH])C(=O)O.N[C@@H](C[SeH])C(=O)O.S.S. The molecule has 0 heterocycles. The molecular formula is C12H32N4O8S2Se4. The van der Waals surface area contributed by atoms with Crippen molar-refractivity contribution in [2.75, 3.05) is 0 Å². The Labute approximate surface area is 221 Å². The van der Waals surface area contributed by atoms with E-state index in [2.05, 4.69) is 64.1 Å². The third kappa shape index (κ3) is 35.9. The largest absolute Gasteiger partial charge is 0.197 e. The minimum atomic E-state index is -0.944. The van der Waals surface area contributed by atoms with E-state index in [1.165, 1.54) is 0 Å². The summed E-state index contributed by atoms with van der Waals surface area (Å²) in [4.78, 5) is 39.2. The van der Waals surface area contributed by atoms with Crippen molar-refractivity contribution >= 4 is 115 Å². The molecule has 12 nitrogen and oxygen atoms in total. The Balaban J connectivity index is -0.0000000626. The summed E-state index contributed by atoms with van der Waals surface area (Å²) in [6.07, 6.45) is 0. The van der Waals surface area contributed by atoms with E-state index < -0.39 is 48.0 Å². The van der Waals surface area contributed by atoms with E-state index in [-0.39, 0.29) is 27.0 Å². The predicted octanol–water partition coefficient (Wildman–Crippen LogP) is -4.90. The van der Waals surface area contributed by atoms with Gasteiger partial charge in [0.25, 0.3) is 0 Å². The van der Waals surface area contributed by atoms with Crippen molar-refractivity contribution in [3.8, 4) is 0 Å². The smallest absolute Gasteiger partial charge is 0.197 e. The maximum absolute atomic E-state index is 9.80. The number of carbonyl (C=O) groups is 4. The molecule has 0 aliphatic heterocycles. The third-order valence-corrected chi connectivity index (χ3v) is 5.36. The number of nitrogens with two attached hydrogens (primary N) is 4. The van der Waals surface area contributed by atoms with Gasteiger partial charge in [0.1, 0.15) is 0 Å². The van der Waals surface area contributed by atoms with Gasteiger partial charge in [0, 0.05) is 0 Å². The van der Waals surface area contributed by atoms with Crippen LogP contribution in [-0.2, 0) is 19.2 Å². The zero-order valence-electron chi connectivity index (χ0n) is 15.7. The number of hydrogen-bond donors (Lipinski definition) is 8. The molecule has 0 fully saturated rings. The van der Waals surface area contributed by atoms with Crippen LogP contribution in [-0.4, -0.2) is 133 Å². The molecule has 0 radical (unpaired) electrons. The number of carboxylic acid groups (broad SMARTS) is 4. The second-order valence-electron chi connectivity index (χ2n) is 4.51. The second kappa shape index (κ2) is 29.5. The maximum atomic E-state index is 9.80. The van der Waals surface area contributed by atoms with Gasteiger partial charge in [-0.2, -0.15) is 27.0 Å². The fourth-order valence-corrected chi connectivity index (χ4v) is 1.62. The molecule has 18 heteroatoms. The van der Waals surface area contributed by atoms with E-state index in [0.29, 0.717) is 21.3 Å². The van der Waals surface area contributed by atoms with Crippen molar-refractivity contribution in [1.29, 1.82) is 0 Å². The van der Waals surface area contributed by atoms with E-state index in [0.717, 1.165) is 0 Å². The monoisotopic (exact) mass is 744 g/mol. The summed E-state index contributed by atoms with van der Waals surface area (Å²) in [5, 5.41) is 33.9. The topological polar surface area (TPSA) is 253 Å². The van der Waals surface area contributed by atoms with Crippen molar-refractivity contribution in [1.82, 2.24) is 0 Å². The van der Waals surface area contributed by atoms with Gasteiger partial charge < -0.3 is 0 Å². The summed E-state index contributed by atoms with van der Waals surface area (Å²) in [6.45, 7) is 0. The van der Waals surface area contributed by atoms with E-state index in [1.807, 2.05) is 0 Å². The zero-order chi connectivity index (χ0) is 23.4. The van der Waals surface area contributed by atoms with Crippen molar-refractivity contribution in [2.24, 2.45) is 22.9 Å². The molecule has 0 rings (SSSR count). The first-order valence-electron chi connectivity index (χ1n) is 7.10. The Morgan fingerprint density at radius 1 is 0.500 bits per heavy atom. The molecular weight excluding hydrogens is 708 g/mol. The summed E-state index contributed by atoms with van der Waals surface area (Å²) in [5.41, 5.74) is 20.0. The van der Waals surface area contributed by atoms with E-state index in [4.69, 9.17) is 43.4 Å². The molecule has 0 aromatic heterocycles. The van der Waals surface area contributed by atoms with Crippen molar-refractivity contribution in [3.05, 3.63) is 0 Å². The average molecular weight is 740 g/mol. The fraction of sp³-hybridized carbons (Fsp3) is 0.667. The Morgan fingerprint density at radius 3 is 0.600 bits per heavy atom. The molecule has 30 heavy (non-hydrogen) atoms. The molecule has 12 N–H and O–H groups in total. The van der Waals surface area contributed by atoms with Crippen LogP contribution in [0, 0.1) is 0 Å². The second-order valence-corrected chi connectivity index (χ2v) is 7.57. The molecule has 0 aromatic rings. The zero-order valence-corrected chi connectivity index (χ0v) is 25.2. The van der Waals surface area contributed by atoms with Crippen LogP contribution in [0.4, 0.5) is 0 Å². The normalized spacial score (nSPS) is 12.5. The van der Waals surface area contributed by atoms with Gasteiger partial charge in [-0.15, -0.1) is 0 Å². The molecule has 4 atom stereocenters. The van der Waals surface area contributed by atoms with Crippen molar-refractivity contribution in [2.45, 2.75) is 45.4 Å². The number of aliphatic carboxylic acids is 4. The number of carboxylic acids is 4. The summed E-state index contributed by atoms with van der Waals surface area (Å²) < 4.78 is 0. The molecule has 0 spiro atoms. The van der Waals surface area contributed by atoms with Gasteiger partial charge in [0.2, 0.25) is 0 Å². The molecule has 0 bridgehead atoms. The summed E-state index contributed by atoms with van der Waals surface area (Å²) in [6, 6.07) is -2.83. The van der Waals surface area contributed by atoms with E-state index in [9.17, 15) is 19.2 Å². The minimum absolute atomic E-state index is 0. The summed E-state index contributed by atoms with van der Waals surface area (Å²) in [7, 11) is 0.